The van der Waals surface area contributed by atoms with Gasteiger partial charge in [-0.05, 0) is 59.9 Å². The van der Waals surface area contributed by atoms with Crippen molar-refractivity contribution in [3.8, 4) is 22.6 Å². The van der Waals surface area contributed by atoms with Gasteiger partial charge < -0.3 is 34.1 Å². The Morgan fingerprint density at radius 2 is 1.51 bits per heavy atom. The Hall–Kier alpha value is -3.43. The SMILES string of the molecule is COCCOCCOCc1cc(OC)c(-c2ccc(C[C@H](NC(=O)[C@@H]3CCCN3S(=O)(=O)c3cc(Cl)cc(Cl)c3)C(=O)O)cc2)c(OC)c1. The molecular formula is C34H40Cl2N2O10S. The van der Waals surface area contributed by atoms with Crippen molar-refractivity contribution in [3.63, 3.8) is 0 Å². The van der Waals surface area contributed by atoms with Gasteiger partial charge in [0.05, 0.1) is 57.7 Å². The molecule has 0 radical (unpaired) electrons. The summed E-state index contributed by atoms with van der Waals surface area (Å²) in [5.74, 6) is -0.827. The number of carbonyl (C=O) groups is 2. The number of sulfonamides is 1. The summed E-state index contributed by atoms with van der Waals surface area (Å²) in [6.45, 7) is 2.27. The molecule has 1 heterocycles. The van der Waals surface area contributed by atoms with Gasteiger partial charge in [0.15, 0.2) is 0 Å². The third-order valence-electron chi connectivity index (χ3n) is 7.88. The molecule has 1 saturated heterocycles. The summed E-state index contributed by atoms with van der Waals surface area (Å²) >= 11 is 12.0. The fraction of sp³-hybridized carbons (Fsp3) is 0.412. The molecule has 1 fully saturated rings. The minimum Gasteiger partial charge on any atom is -0.496 e. The van der Waals surface area contributed by atoms with E-state index in [1.807, 2.05) is 24.3 Å². The standard InChI is InChI=1S/C34H40Cl2N2O10S/c1-44-11-12-47-13-14-48-21-23-16-30(45-2)32(31(17-23)46-3)24-8-6-22(7-9-24)15-28(34(40)41)37-33(39)29-5-4-10-38(29)49(42,43)27-19-25(35)18-26(36)20-27/h6-9,16-20,28-29H,4-5,10-15,21H2,1-3H3,(H,37,39)(H,40,41)/t28-,29-/m0/s1. The highest BCUT2D eigenvalue weighted by atomic mass is 35.5. The fourth-order valence-corrected chi connectivity index (χ4v) is 7.88. The van der Waals surface area contributed by atoms with E-state index < -0.39 is 34.0 Å². The van der Waals surface area contributed by atoms with Crippen molar-refractivity contribution in [3.05, 3.63) is 75.8 Å². The highest BCUT2D eigenvalue weighted by molar-refractivity contribution is 7.89. The number of aliphatic carboxylic acids is 1. The maximum absolute atomic E-state index is 13.4. The molecule has 0 spiro atoms. The Morgan fingerprint density at radius 3 is 2.10 bits per heavy atom. The lowest BCUT2D eigenvalue weighted by molar-refractivity contribution is -0.142. The number of carboxylic acid groups (broad SMARTS) is 1. The first-order chi connectivity index (χ1) is 23.5. The summed E-state index contributed by atoms with van der Waals surface area (Å²) in [6, 6.07) is 12.4. The van der Waals surface area contributed by atoms with E-state index in [4.69, 9.17) is 46.9 Å². The van der Waals surface area contributed by atoms with Gasteiger partial charge in [-0.15, -0.1) is 0 Å². The van der Waals surface area contributed by atoms with Gasteiger partial charge in [0.1, 0.15) is 23.6 Å². The number of ether oxygens (including phenoxy) is 5. The molecule has 266 valence electrons. The topological polar surface area (TPSA) is 150 Å². The molecule has 1 aliphatic heterocycles. The average molecular weight is 740 g/mol. The number of carboxylic acids is 1. The predicted octanol–water partition coefficient (Wildman–Crippen LogP) is 4.82. The molecule has 1 aliphatic rings. The van der Waals surface area contributed by atoms with Crippen LogP contribution < -0.4 is 14.8 Å². The van der Waals surface area contributed by atoms with Gasteiger partial charge >= 0.3 is 5.97 Å². The maximum atomic E-state index is 13.4. The third kappa shape index (κ3) is 10.1. The van der Waals surface area contributed by atoms with E-state index in [2.05, 4.69) is 5.32 Å². The minimum absolute atomic E-state index is 0.0372. The summed E-state index contributed by atoms with van der Waals surface area (Å²) in [5, 5.41) is 12.8. The summed E-state index contributed by atoms with van der Waals surface area (Å²) in [4.78, 5) is 25.4. The lowest BCUT2D eigenvalue weighted by Crippen LogP contribution is -2.51. The molecule has 0 unspecified atom stereocenters. The molecule has 0 aliphatic carbocycles. The molecule has 2 N–H and O–H groups in total. The predicted molar refractivity (Wildman–Crippen MR) is 184 cm³/mol. The smallest absolute Gasteiger partial charge is 0.326 e. The van der Waals surface area contributed by atoms with Gasteiger partial charge in [0.25, 0.3) is 0 Å². The molecule has 0 bridgehead atoms. The lowest BCUT2D eigenvalue weighted by atomic mass is 9.98. The van der Waals surface area contributed by atoms with Gasteiger partial charge in [-0.2, -0.15) is 4.31 Å². The number of carbonyl (C=O) groups excluding carboxylic acids is 1. The van der Waals surface area contributed by atoms with Crippen LogP contribution in [0.1, 0.15) is 24.0 Å². The van der Waals surface area contributed by atoms with Crippen molar-refractivity contribution in [2.75, 3.05) is 54.3 Å². The normalized spacial score (nSPS) is 15.6. The zero-order valence-electron chi connectivity index (χ0n) is 27.4. The van der Waals surface area contributed by atoms with Crippen LogP contribution in [0.5, 0.6) is 11.5 Å². The number of hydrogen-bond donors (Lipinski definition) is 2. The molecule has 4 rings (SSSR count). The molecule has 3 aromatic rings. The highest BCUT2D eigenvalue weighted by Gasteiger charge is 2.40. The highest BCUT2D eigenvalue weighted by Crippen LogP contribution is 2.40. The van der Waals surface area contributed by atoms with Crippen molar-refractivity contribution in [1.29, 1.82) is 0 Å². The zero-order valence-corrected chi connectivity index (χ0v) is 29.8. The Balaban J connectivity index is 1.44. The summed E-state index contributed by atoms with van der Waals surface area (Å²) in [7, 11) is 0.599. The number of rotatable bonds is 18. The number of hydrogen-bond acceptors (Lipinski definition) is 9. The summed E-state index contributed by atoms with van der Waals surface area (Å²) in [5.41, 5.74) is 2.95. The van der Waals surface area contributed by atoms with Gasteiger partial charge in [0.2, 0.25) is 15.9 Å². The Morgan fingerprint density at radius 1 is 0.898 bits per heavy atom. The monoisotopic (exact) mass is 738 g/mol. The molecule has 0 saturated carbocycles. The van der Waals surface area contributed by atoms with Crippen molar-refractivity contribution >= 4 is 45.1 Å². The van der Waals surface area contributed by atoms with Gasteiger partial charge in [0, 0.05) is 30.1 Å². The first-order valence-electron chi connectivity index (χ1n) is 15.5. The van der Waals surface area contributed by atoms with Crippen LogP contribution in [0.25, 0.3) is 11.1 Å². The van der Waals surface area contributed by atoms with Crippen molar-refractivity contribution < 1.29 is 46.8 Å². The van der Waals surface area contributed by atoms with Gasteiger partial charge in [-0.25, -0.2) is 13.2 Å². The molecule has 0 aromatic heterocycles. The number of nitrogens with zero attached hydrogens (tertiary/aromatic N) is 1. The lowest BCUT2D eigenvalue weighted by Gasteiger charge is -2.25. The average Bonchev–Trinajstić information content (AvgIpc) is 3.58. The second-order valence-corrected chi connectivity index (χ2v) is 14.0. The number of halogens is 2. The van der Waals surface area contributed by atoms with Crippen LogP contribution >= 0.6 is 23.2 Å². The third-order valence-corrected chi connectivity index (χ3v) is 10.2. The number of benzene rings is 3. The van der Waals surface area contributed by atoms with E-state index in [1.165, 1.54) is 18.2 Å². The van der Waals surface area contributed by atoms with Crippen LogP contribution in [-0.2, 0) is 46.9 Å². The van der Waals surface area contributed by atoms with Crippen molar-refractivity contribution in [2.45, 2.75) is 42.8 Å². The van der Waals surface area contributed by atoms with E-state index >= 15 is 0 Å². The van der Waals surface area contributed by atoms with E-state index in [0.29, 0.717) is 62.1 Å². The molecule has 15 heteroatoms. The number of nitrogens with one attached hydrogen (secondary N) is 1. The molecule has 3 aromatic carbocycles. The number of methoxy groups -OCH3 is 3. The van der Waals surface area contributed by atoms with E-state index in [-0.39, 0.29) is 34.3 Å². The van der Waals surface area contributed by atoms with E-state index in [9.17, 15) is 23.1 Å². The molecular weight excluding hydrogens is 699 g/mol. The fourth-order valence-electron chi connectivity index (χ4n) is 5.50. The van der Waals surface area contributed by atoms with Crippen LogP contribution in [-0.4, -0.2) is 96.1 Å². The minimum atomic E-state index is -4.13. The van der Waals surface area contributed by atoms with Gasteiger partial charge in [-0.1, -0.05) is 47.5 Å². The first-order valence-corrected chi connectivity index (χ1v) is 17.7. The Kier molecular flexibility index (Phi) is 14.1. The summed E-state index contributed by atoms with van der Waals surface area (Å²) in [6.07, 6.45) is 0.624. The molecule has 1 amide bonds. The van der Waals surface area contributed by atoms with E-state index in [0.717, 1.165) is 15.4 Å². The van der Waals surface area contributed by atoms with Crippen LogP contribution in [0.15, 0.2) is 59.5 Å². The van der Waals surface area contributed by atoms with Crippen LogP contribution in [0, 0.1) is 0 Å². The van der Waals surface area contributed by atoms with Crippen molar-refractivity contribution in [1.82, 2.24) is 9.62 Å². The Labute approximate surface area is 296 Å². The second-order valence-electron chi connectivity index (χ2n) is 11.2. The van der Waals surface area contributed by atoms with Crippen LogP contribution in [0.3, 0.4) is 0 Å². The maximum Gasteiger partial charge on any atom is 0.326 e. The van der Waals surface area contributed by atoms with Crippen LogP contribution in [0.2, 0.25) is 10.0 Å². The van der Waals surface area contributed by atoms with E-state index in [1.54, 1.807) is 33.5 Å². The van der Waals surface area contributed by atoms with Crippen molar-refractivity contribution in [2.24, 2.45) is 0 Å². The number of amides is 1. The molecule has 12 nitrogen and oxygen atoms in total. The first kappa shape index (κ1) is 38.4. The molecule has 2 atom stereocenters. The van der Waals surface area contributed by atoms with Gasteiger partial charge in [-0.3, -0.25) is 4.79 Å². The quantitative estimate of drug-likeness (QED) is 0.174. The second kappa shape index (κ2) is 18.0. The Bertz CT molecular complexity index is 1660. The van der Waals surface area contributed by atoms with Crippen LogP contribution in [0.4, 0.5) is 0 Å². The molecule has 49 heavy (non-hydrogen) atoms. The largest absolute Gasteiger partial charge is 0.496 e. The summed E-state index contributed by atoms with van der Waals surface area (Å²) < 4.78 is 55.3. The zero-order chi connectivity index (χ0) is 35.6.